The third-order valence-electron chi connectivity index (χ3n) is 5.24. The molecule has 2 heterocycles. The zero-order chi connectivity index (χ0) is 20.9. The van der Waals surface area contributed by atoms with Crippen molar-refractivity contribution in [1.82, 2.24) is 15.5 Å². The number of fused-ring (bicyclic) bond motifs is 1. The predicted molar refractivity (Wildman–Crippen MR) is 115 cm³/mol. The van der Waals surface area contributed by atoms with Gasteiger partial charge in [-0.2, -0.15) is 0 Å². The van der Waals surface area contributed by atoms with Crippen molar-refractivity contribution in [2.45, 2.75) is 33.3 Å². The highest BCUT2D eigenvalue weighted by molar-refractivity contribution is 5.83. The number of nitrogens with zero attached hydrogens (tertiary/aromatic N) is 1. The van der Waals surface area contributed by atoms with Crippen molar-refractivity contribution in [3.63, 3.8) is 0 Å². The van der Waals surface area contributed by atoms with Crippen LogP contribution >= 0.6 is 0 Å². The summed E-state index contributed by atoms with van der Waals surface area (Å²) in [6.45, 7) is 4.79. The number of carbonyl (C=O) groups excluding carboxylic acids is 1. The molecule has 0 radical (unpaired) electrons. The predicted octanol–water partition coefficient (Wildman–Crippen LogP) is 4.25. The zero-order valence-electron chi connectivity index (χ0n) is 17.2. The van der Waals surface area contributed by atoms with Crippen LogP contribution in [-0.2, 0) is 24.2 Å². The Labute approximate surface area is 175 Å². The fourth-order valence-electron chi connectivity index (χ4n) is 3.49. The smallest absolute Gasteiger partial charge is 0.224 e. The van der Waals surface area contributed by atoms with Crippen LogP contribution in [0, 0.1) is 13.8 Å². The molecule has 1 amide bonds. The Balaban J connectivity index is 1.24. The van der Waals surface area contributed by atoms with Crippen LogP contribution in [0.25, 0.3) is 10.9 Å². The number of ether oxygens (including phenoxy) is 1. The van der Waals surface area contributed by atoms with Gasteiger partial charge in [0.1, 0.15) is 18.1 Å². The summed E-state index contributed by atoms with van der Waals surface area (Å²) in [5.74, 6) is 1.53. The number of hydrogen-bond donors (Lipinski definition) is 2. The van der Waals surface area contributed by atoms with E-state index in [1.807, 2.05) is 56.4 Å². The summed E-state index contributed by atoms with van der Waals surface area (Å²) in [6.07, 6.45) is 3.15. The molecule has 2 aromatic carbocycles. The van der Waals surface area contributed by atoms with E-state index in [4.69, 9.17) is 9.26 Å². The van der Waals surface area contributed by atoms with E-state index in [0.717, 1.165) is 40.3 Å². The number of rotatable bonds is 8. The van der Waals surface area contributed by atoms with E-state index in [0.29, 0.717) is 19.6 Å². The van der Waals surface area contributed by atoms with Crippen molar-refractivity contribution in [2.24, 2.45) is 0 Å². The highest BCUT2D eigenvalue weighted by atomic mass is 16.5. The quantitative estimate of drug-likeness (QED) is 0.461. The SMILES string of the molecule is Cc1noc(C)c1COc1ccc(CC(=O)NCCc2c[nH]c3ccccc23)cc1. The molecule has 4 aromatic rings. The van der Waals surface area contributed by atoms with Gasteiger partial charge in [0.25, 0.3) is 0 Å². The molecule has 4 rings (SSSR count). The minimum Gasteiger partial charge on any atom is -0.489 e. The van der Waals surface area contributed by atoms with Crippen LogP contribution in [0.2, 0.25) is 0 Å². The maximum Gasteiger partial charge on any atom is 0.224 e. The molecule has 6 heteroatoms. The Morgan fingerprint density at radius 3 is 2.70 bits per heavy atom. The molecule has 0 aliphatic rings. The normalized spacial score (nSPS) is 11.0. The van der Waals surface area contributed by atoms with Gasteiger partial charge >= 0.3 is 0 Å². The van der Waals surface area contributed by atoms with E-state index in [1.165, 1.54) is 10.9 Å². The molecule has 0 unspecified atom stereocenters. The molecule has 154 valence electrons. The maximum absolute atomic E-state index is 12.3. The largest absolute Gasteiger partial charge is 0.489 e. The molecule has 0 saturated carbocycles. The maximum atomic E-state index is 12.3. The van der Waals surface area contributed by atoms with Crippen LogP contribution in [0.3, 0.4) is 0 Å². The highest BCUT2D eigenvalue weighted by Crippen LogP contribution is 2.19. The first-order valence-electron chi connectivity index (χ1n) is 10.1. The fraction of sp³-hybridized carbons (Fsp3) is 0.250. The van der Waals surface area contributed by atoms with Gasteiger partial charge in [-0.15, -0.1) is 0 Å². The van der Waals surface area contributed by atoms with Crippen molar-refractivity contribution >= 4 is 16.8 Å². The van der Waals surface area contributed by atoms with E-state index in [1.54, 1.807) is 0 Å². The molecule has 0 aliphatic carbocycles. The molecule has 0 spiro atoms. The lowest BCUT2D eigenvalue weighted by Gasteiger charge is -2.08. The molecular formula is C24H25N3O3. The summed E-state index contributed by atoms with van der Waals surface area (Å²) in [5, 5.41) is 8.14. The third-order valence-corrected chi connectivity index (χ3v) is 5.24. The summed E-state index contributed by atoms with van der Waals surface area (Å²) in [5.41, 5.74) is 5.09. The minimum absolute atomic E-state index is 0.0132. The van der Waals surface area contributed by atoms with Gasteiger partial charge < -0.3 is 19.6 Å². The number of aromatic amines is 1. The lowest BCUT2D eigenvalue weighted by Crippen LogP contribution is -2.27. The van der Waals surface area contributed by atoms with Gasteiger partial charge in [0.2, 0.25) is 5.91 Å². The lowest BCUT2D eigenvalue weighted by atomic mass is 10.1. The van der Waals surface area contributed by atoms with Crippen LogP contribution < -0.4 is 10.1 Å². The number of carbonyl (C=O) groups is 1. The molecule has 2 N–H and O–H groups in total. The number of hydrogen-bond acceptors (Lipinski definition) is 4. The summed E-state index contributed by atoms with van der Waals surface area (Å²) in [6, 6.07) is 15.8. The van der Waals surface area contributed by atoms with Crippen LogP contribution in [0.4, 0.5) is 0 Å². The Morgan fingerprint density at radius 2 is 1.93 bits per heavy atom. The topological polar surface area (TPSA) is 80.2 Å². The summed E-state index contributed by atoms with van der Waals surface area (Å²) in [7, 11) is 0. The van der Waals surface area contributed by atoms with Crippen molar-refractivity contribution in [2.75, 3.05) is 6.54 Å². The number of para-hydroxylation sites is 1. The van der Waals surface area contributed by atoms with E-state index in [2.05, 4.69) is 27.6 Å². The molecular weight excluding hydrogens is 378 g/mol. The van der Waals surface area contributed by atoms with Crippen LogP contribution in [0.15, 0.2) is 59.3 Å². The summed E-state index contributed by atoms with van der Waals surface area (Å²) >= 11 is 0. The first-order chi connectivity index (χ1) is 14.6. The van der Waals surface area contributed by atoms with E-state index in [9.17, 15) is 4.79 Å². The molecule has 0 bridgehead atoms. The van der Waals surface area contributed by atoms with Crippen molar-refractivity contribution in [3.8, 4) is 5.75 Å². The number of benzene rings is 2. The molecule has 0 atom stereocenters. The lowest BCUT2D eigenvalue weighted by molar-refractivity contribution is -0.120. The minimum atomic E-state index is 0.0132. The number of H-pyrrole nitrogens is 1. The Hall–Kier alpha value is -3.54. The molecule has 2 aromatic heterocycles. The van der Waals surface area contributed by atoms with Gasteiger partial charge in [-0.05, 0) is 49.6 Å². The van der Waals surface area contributed by atoms with Gasteiger partial charge in [-0.3, -0.25) is 4.79 Å². The molecule has 0 saturated heterocycles. The monoisotopic (exact) mass is 403 g/mol. The number of nitrogens with one attached hydrogen (secondary N) is 2. The van der Waals surface area contributed by atoms with Crippen LogP contribution in [-0.4, -0.2) is 22.6 Å². The summed E-state index contributed by atoms with van der Waals surface area (Å²) < 4.78 is 11.0. The molecule has 6 nitrogen and oxygen atoms in total. The fourth-order valence-corrected chi connectivity index (χ4v) is 3.49. The first-order valence-corrected chi connectivity index (χ1v) is 10.1. The van der Waals surface area contributed by atoms with Gasteiger partial charge in [-0.25, -0.2) is 0 Å². The second-order valence-corrected chi connectivity index (χ2v) is 7.37. The highest BCUT2D eigenvalue weighted by Gasteiger charge is 2.10. The number of amides is 1. The van der Waals surface area contributed by atoms with Crippen LogP contribution in [0.5, 0.6) is 5.75 Å². The van der Waals surface area contributed by atoms with E-state index >= 15 is 0 Å². The molecule has 0 fully saturated rings. The standard InChI is InChI=1S/C24H25N3O3/c1-16-22(17(2)30-27-16)15-29-20-9-7-18(8-10-20)13-24(28)25-12-11-19-14-26-23-6-4-3-5-21(19)23/h3-10,14,26H,11-13,15H2,1-2H3,(H,25,28). The zero-order valence-corrected chi connectivity index (χ0v) is 17.2. The average Bonchev–Trinajstić information content (AvgIpc) is 3.31. The Kier molecular flexibility index (Phi) is 5.84. The van der Waals surface area contributed by atoms with Crippen molar-refractivity contribution < 1.29 is 14.1 Å². The Bertz CT molecular complexity index is 1120. The van der Waals surface area contributed by atoms with Crippen molar-refractivity contribution in [1.29, 1.82) is 0 Å². The second-order valence-electron chi connectivity index (χ2n) is 7.37. The average molecular weight is 403 g/mol. The number of aryl methyl sites for hydroxylation is 2. The van der Waals surface area contributed by atoms with E-state index < -0.39 is 0 Å². The molecule has 30 heavy (non-hydrogen) atoms. The van der Waals surface area contributed by atoms with Gasteiger partial charge in [-0.1, -0.05) is 35.5 Å². The van der Waals surface area contributed by atoms with E-state index in [-0.39, 0.29) is 5.91 Å². The summed E-state index contributed by atoms with van der Waals surface area (Å²) in [4.78, 5) is 15.5. The van der Waals surface area contributed by atoms with Crippen LogP contribution in [0.1, 0.15) is 28.1 Å². The molecule has 0 aliphatic heterocycles. The van der Waals surface area contributed by atoms with Crippen molar-refractivity contribution in [3.05, 3.63) is 82.9 Å². The third kappa shape index (κ3) is 4.54. The first kappa shape index (κ1) is 19.8. The van der Waals surface area contributed by atoms with Gasteiger partial charge in [0, 0.05) is 23.6 Å². The van der Waals surface area contributed by atoms with Gasteiger partial charge in [0.05, 0.1) is 17.7 Å². The second kappa shape index (κ2) is 8.86. The Morgan fingerprint density at radius 1 is 1.13 bits per heavy atom. The number of aromatic nitrogens is 2. The van der Waals surface area contributed by atoms with Gasteiger partial charge in [0.15, 0.2) is 0 Å².